The van der Waals surface area contributed by atoms with Gasteiger partial charge in [-0.2, -0.15) is 0 Å². The fourth-order valence-electron chi connectivity index (χ4n) is 1.33. The van der Waals surface area contributed by atoms with E-state index >= 15 is 0 Å². The number of halogens is 1. The zero-order chi connectivity index (χ0) is 13.5. The zero-order valence-corrected chi connectivity index (χ0v) is 10.2. The van der Waals surface area contributed by atoms with Crippen LogP contribution in [-0.2, 0) is 9.53 Å². The topological polar surface area (TPSA) is 64.6 Å². The second kappa shape index (κ2) is 6.70. The number of benzene rings is 1. The summed E-state index contributed by atoms with van der Waals surface area (Å²) in [4.78, 5) is 23.3. The molecule has 1 rings (SSSR count). The third-order valence-corrected chi connectivity index (χ3v) is 2.20. The lowest BCUT2D eigenvalue weighted by Crippen LogP contribution is -2.33. The molecule has 0 bridgehead atoms. The van der Waals surface area contributed by atoms with Crippen LogP contribution in [0.3, 0.4) is 0 Å². The van der Waals surface area contributed by atoms with Gasteiger partial charge in [-0.1, -0.05) is 0 Å². The molecule has 0 aliphatic carbocycles. The molecule has 18 heavy (non-hydrogen) atoms. The van der Waals surface area contributed by atoms with Gasteiger partial charge in [0, 0.05) is 13.7 Å². The molecule has 0 aliphatic rings. The molecule has 1 N–H and O–H groups in total. The minimum absolute atomic E-state index is 0.104. The first kappa shape index (κ1) is 14.1. The van der Waals surface area contributed by atoms with Crippen LogP contribution < -0.4 is 10.1 Å². The van der Waals surface area contributed by atoms with Crippen molar-refractivity contribution in [2.45, 2.75) is 0 Å². The molecule has 6 heteroatoms. The standard InChI is InChI=1S/C12H14FNO4/c1-17-6-5-14-12(16)11(15)9-7-8(13)3-4-10(9)18-2/h3-4,7H,5-6H2,1-2H3,(H,14,16). The Hall–Kier alpha value is -1.95. The largest absolute Gasteiger partial charge is 0.496 e. The van der Waals surface area contributed by atoms with Crippen molar-refractivity contribution in [1.29, 1.82) is 0 Å². The Morgan fingerprint density at radius 2 is 2.06 bits per heavy atom. The van der Waals surface area contributed by atoms with Crippen LogP contribution >= 0.6 is 0 Å². The lowest BCUT2D eigenvalue weighted by atomic mass is 10.1. The highest BCUT2D eigenvalue weighted by atomic mass is 19.1. The summed E-state index contributed by atoms with van der Waals surface area (Å²) in [6.45, 7) is 0.498. The molecule has 0 radical (unpaired) electrons. The third kappa shape index (κ3) is 3.53. The maximum Gasteiger partial charge on any atom is 0.292 e. The minimum Gasteiger partial charge on any atom is -0.496 e. The molecule has 5 nitrogen and oxygen atoms in total. The van der Waals surface area contributed by atoms with Crippen LogP contribution in [0.25, 0.3) is 0 Å². The Morgan fingerprint density at radius 1 is 1.33 bits per heavy atom. The number of hydrogen-bond donors (Lipinski definition) is 1. The number of amides is 1. The Morgan fingerprint density at radius 3 is 2.67 bits per heavy atom. The second-order valence-electron chi connectivity index (χ2n) is 3.42. The van der Waals surface area contributed by atoms with Gasteiger partial charge in [0.25, 0.3) is 11.7 Å². The highest BCUT2D eigenvalue weighted by Crippen LogP contribution is 2.19. The number of ketones is 1. The van der Waals surface area contributed by atoms with E-state index in [0.29, 0.717) is 6.61 Å². The highest BCUT2D eigenvalue weighted by Gasteiger charge is 2.20. The predicted octanol–water partition coefficient (Wildman–Crippen LogP) is 0.780. The van der Waals surface area contributed by atoms with Gasteiger partial charge >= 0.3 is 0 Å². The average molecular weight is 255 g/mol. The number of Topliss-reactive ketones (excluding diaryl/α,β-unsaturated/α-hetero) is 1. The van der Waals surface area contributed by atoms with Crippen molar-refractivity contribution in [1.82, 2.24) is 5.32 Å². The minimum atomic E-state index is -0.845. The lowest BCUT2D eigenvalue weighted by Gasteiger charge is -2.08. The van der Waals surface area contributed by atoms with Crippen LogP contribution in [0.1, 0.15) is 10.4 Å². The summed E-state index contributed by atoms with van der Waals surface area (Å²) in [5.41, 5.74) is -0.104. The number of nitrogens with one attached hydrogen (secondary N) is 1. The summed E-state index contributed by atoms with van der Waals surface area (Å²) >= 11 is 0. The number of ether oxygens (including phenoxy) is 2. The van der Waals surface area contributed by atoms with E-state index in [1.165, 1.54) is 20.3 Å². The SMILES string of the molecule is COCCNC(=O)C(=O)c1cc(F)ccc1OC. The molecule has 0 atom stereocenters. The molecule has 0 heterocycles. The highest BCUT2D eigenvalue weighted by molar-refractivity contribution is 6.43. The number of methoxy groups -OCH3 is 2. The first-order valence-corrected chi connectivity index (χ1v) is 5.25. The van der Waals surface area contributed by atoms with Gasteiger partial charge in [0.1, 0.15) is 11.6 Å². The van der Waals surface area contributed by atoms with Crippen LogP contribution in [0.4, 0.5) is 4.39 Å². The quantitative estimate of drug-likeness (QED) is 0.463. The van der Waals surface area contributed by atoms with E-state index in [1.54, 1.807) is 0 Å². The molecule has 0 saturated heterocycles. The Labute approximate surface area is 104 Å². The average Bonchev–Trinajstić information content (AvgIpc) is 2.38. The summed E-state index contributed by atoms with van der Waals surface area (Å²) in [5.74, 6) is -2.12. The first-order chi connectivity index (χ1) is 8.60. The maximum absolute atomic E-state index is 13.1. The Balaban J connectivity index is 2.82. The van der Waals surface area contributed by atoms with Gasteiger partial charge in [-0.3, -0.25) is 9.59 Å². The van der Waals surface area contributed by atoms with Gasteiger partial charge < -0.3 is 14.8 Å². The molecule has 1 aromatic rings. The molecule has 1 aromatic carbocycles. The fraction of sp³-hybridized carbons (Fsp3) is 0.333. The van der Waals surface area contributed by atoms with Crippen LogP contribution in [0.15, 0.2) is 18.2 Å². The van der Waals surface area contributed by atoms with Crippen LogP contribution in [0, 0.1) is 5.82 Å². The predicted molar refractivity (Wildman–Crippen MR) is 62.2 cm³/mol. The van der Waals surface area contributed by atoms with Crippen molar-refractivity contribution in [3.8, 4) is 5.75 Å². The van der Waals surface area contributed by atoms with Gasteiger partial charge in [-0.05, 0) is 18.2 Å². The summed E-state index contributed by atoms with van der Waals surface area (Å²) in [6.07, 6.45) is 0. The molecular weight excluding hydrogens is 241 g/mol. The van der Waals surface area contributed by atoms with Gasteiger partial charge in [0.05, 0.1) is 19.3 Å². The zero-order valence-electron chi connectivity index (χ0n) is 10.2. The molecular formula is C12H14FNO4. The number of carbonyl (C=O) groups excluding carboxylic acids is 2. The molecule has 1 amide bonds. The van der Waals surface area contributed by atoms with Crippen molar-refractivity contribution < 1.29 is 23.5 Å². The van der Waals surface area contributed by atoms with Crippen molar-refractivity contribution in [2.75, 3.05) is 27.4 Å². The molecule has 98 valence electrons. The summed E-state index contributed by atoms with van der Waals surface area (Å²) in [5, 5.41) is 2.36. The van der Waals surface area contributed by atoms with E-state index in [0.717, 1.165) is 12.1 Å². The van der Waals surface area contributed by atoms with Crippen molar-refractivity contribution in [3.63, 3.8) is 0 Å². The van der Waals surface area contributed by atoms with E-state index in [4.69, 9.17) is 9.47 Å². The van der Waals surface area contributed by atoms with E-state index < -0.39 is 17.5 Å². The first-order valence-electron chi connectivity index (χ1n) is 5.25. The van der Waals surface area contributed by atoms with Crippen molar-refractivity contribution >= 4 is 11.7 Å². The van der Waals surface area contributed by atoms with Gasteiger partial charge in [0.15, 0.2) is 0 Å². The van der Waals surface area contributed by atoms with E-state index in [1.807, 2.05) is 0 Å². The molecule has 0 spiro atoms. The Kier molecular flexibility index (Phi) is 5.26. The van der Waals surface area contributed by atoms with Crippen LogP contribution in [-0.4, -0.2) is 39.1 Å². The molecule has 0 aliphatic heterocycles. The smallest absolute Gasteiger partial charge is 0.292 e. The molecule has 0 fully saturated rings. The lowest BCUT2D eigenvalue weighted by molar-refractivity contribution is -0.117. The third-order valence-electron chi connectivity index (χ3n) is 2.20. The van der Waals surface area contributed by atoms with Gasteiger partial charge in [0.2, 0.25) is 0 Å². The van der Waals surface area contributed by atoms with E-state index in [-0.39, 0.29) is 17.9 Å². The number of carbonyl (C=O) groups is 2. The summed E-state index contributed by atoms with van der Waals surface area (Å²) < 4.78 is 22.7. The molecule has 0 aromatic heterocycles. The number of rotatable bonds is 6. The summed E-state index contributed by atoms with van der Waals surface area (Å²) in [7, 11) is 2.82. The van der Waals surface area contributed by atoms with Gasteiger partial charge in [-0.25, -0.2) is 4.39 Å². The van der Waals surface area contributed by atoms with Gasteiger partial charge in [-0.15, -0.1) is 0 Å². The van der Waals surface area contributed by atoms with Crippen molar-refractivity contribution in [2.24, 2.45) is 0 Å². The van der Waals surface area contributed by atoms with Crippen LogP contribution in [0.2, 0.25) is 0 Å². The van der Waals surface area contributed by atoms with E-state index in [9.17, 15) is 14.0 Å². The summed E-state index contributed by atoms with van der Waals surface area (Å²) in [6, 6.07) is 3.42. The monoisotopic (exact) mass is 255 g/mol. The second-order valence-corrected chi connectivity index (χ2v) is 3.42. The Bertz CT molecular complexity index is 448. The molecule has 0 saturated carbocycles. The number of hydrogen-bond acceptors (Lipinski definition) is 4. The van der Waals surface area contributed by atoms with Crippen molar-refractivity contribution in [3.05, 3.63) is 29.6 Å². The maximum atomic E-state index is 13.1. The van der Waals surface area contributed by atoms with Crippen LogP contribution in [0.5, 0.6) is 5.75 Å². The fourth-order valence-corrected chi connectivity index (χ4v) is 1.33. The molecule has 0 unspecified atom stereocenters. The van der Waals surface area contributed by atoms with E-state index in [2.05, 4.69) is 5.32 Å². The normalized spacial score (nSPS) is 9.94.